The molecular weight excluding hydrogens is 466 g/mol. The van der Waals surface area contributed by atoms with Crippen LogP contribution >= 0.6 is 0 Å². The number of piperazine rings is 1. The summed E-state index contributed by atoms with van der Waals surface area (Å²) in [5.74, 6) is 1.07. The average Bonchev–Trinajstić information content (AvgIpc) is 3.14. The number of hydrogen-bond acceptors (Lipinski definition) is 6. The van der Waals surface area contributed by atoms with Crippen LogP contribution < -0.4 is 14.4 Å². The summed E-state index contributed by atoms with van der Waals surface area (Å²) in [5, 5.41) is 0. The van der Waals surface area contributed by atoms with Crippen molar-refractivity contribution < 1.29 is 22.7 Å². The predicted octanol–water partition coefficient (Wildman–Crippen LogP) is 2.91. The number of amides is 1. The van der Waals surface area contributed by atoms with E-state index >= 15 is 0 Å². The number of fused-ring (bicyclic) bond motifs is 1. The van der Waals surface area contributed by atoms with E-state index in [1.165, 1.54) is 15.6 Å². The van der Waals surface area contributed by atoms with Gasteiger partial charge in [-0.05, 0) is 43.5 Å². The molecule has 0 aliphatic carbocycles. The molecule has 0 bridgehead atoms. The van der Waals surface area contributed by atoms with Crippen LogP contribution in [0.5, 0.6) is 11.5 Å². The van der Waals surface area contributed by atoms with E-state index in [4.69, 9.17) is 9.47 Å². The predicted molar refractivity (Wildman–Crippen MR) is 134 cm³/mol. The molecule has 35 heavy (non-hydrogen) atoms. The third-order valence-electron chi connectivity index (χ3n) is 7.21. The van der Waals surface area contributed by atoms with E-state index in [-0.39, 0.29) is 16.7 Å². The molecule has 2 saturated heterocycles. The van der Waals surface area contributed by atoms with E-state index in [0.29, 0.717) is 63.7 Å². The SMILES string of the molecule is Cc1ccccc1N1CCN(C(=O)C2CCN(S(=O)(=O)c3ccc4c(c3)OCCCO4)CC2)CC1. The summed E-state index contributed by atoms with van der Waals surface area (Å²) in [6.45, 7) is 6.88. The number of carbonyl (C=O) groups excluding carboxylic acids is 1. The number of nitrogens with zero attached hydrogens (tertiary/aromatic N) is 3. The van der Waals surface area contributed by atoms with Crippen LogP contribution in [-0.2, 0) is 14.8 Å². The van der Waals surface area contributed by atoms with Crippen LogP contribution in [0.25, 0.3) is 0 Å². The Morgan fingerprint density at radius 3 is 2.29 bits per heavy atom. The molecule has 0 atom stereocenters. The summed E-state index contributed by atoms with van der Waals surface area (Å²) in [7, 11) is -3.66. The van der Waals surface area contributed by atoms with Gasteiger partial charge in [0.05, 0.1) is 18.1 Å². The van der Waals surface area contributed by atoms with E-state index in [0.717, 1.165) is 19.5 Å². The van der Waals surface area contributed by atoms with Crippen LogP contribution in [0.3, 0.4) is 0 Å². The highest BCUT2D eigenvalue weighted by Crippen LogP contribution is 2.34. The fraction of sp³-hybridized carbons (Fsp3) is 0.500. The molecule has 0 radical (unpaired) electrons. The molecular formula is C26H33N3O5S. The fourth-order valence-corrected chi connectivity index (χ4v) is 6.63. The molecule has 2 aromatic carbocycles. The second-order valence-corrected chi connectivity index (χ2v) is 11.4. The topological polar surface area (TPSA) is 79.4 Å². The number of carbonyl (C=O) groups is 1. The molecule has 2 fully saturated rings. The monoisotopic (exact) mass is 499 g/mol. The Kier molecular flexibility index (Phi) is 6.88. The van der Waals surface area contributed by atoms with Crippen LogP contribution in [0.1, 0.15) is 24.8 Å². The van der Waals surface area contributed by atoms with Gasteiger partial charge in [-0.2, -0.15) is 4.31 Å². The second kappa shape index (κ2) is 10.1. The molecule has 1 amide bonds. The van der Waals surface area contributed by atoms with Crippen molar-refractivity contribution in [1.29, 1.82) is 0 Å². The smallest absolute Gasteiger partial charge is 0.243 e. The third-order valence-corrected chi connectivity index (χ3v) is 9.10. The molecule has 0 spiro atoms. The van der Waals surface area contributed by atoms with Crippen molar-refractivity contribution in [2.24, 2.45) is 5.92 Å². The zero-order chi connectivity index (χ0) is 24.4. The first-order chi connectivity index (χ1) is 16.9. The van der Waals surface area contributed by atoms with E-state index < -0.39 is 10.0 Å². The summed E-state index contributed by atoms with van der Waals surface area (Å²) in [6, 6.07) is 13.1. The molecule has 188 valence electrons. The minimum atomic E-state index is -3.66. The Balaban J connectivity index is 1.17. The van der Waals surface area contributed by atoms with Gasteiger partial charge in [0, 0.05) is 63.4 Å². The van der Waals surface area contributed by atoms with Gasteiger partial charge in [0.25, 0.3) is 0 Å². The van der Waals surface area contributed by atoms with Crippen LogP contribution in [0, 0.1) is 12.8 Å². The lowest BCUT2D eigenvalue weighted by Crippen LogP contribution is -2.52. The van der Waals surface area contributed by atoms with Crippen LogP contribution in [-0.4, -0.2) is 76.0 Å². The molecule has 0 saturated carbocycles. The first-order valence-electron chi connectivity index (χ1n) is 12.4. The number of ether oxygens (including phenoxy) is 2. The van der Waals surface area contributed by atoms with Crippen molar-refractivity contribution >= 4 is 21.6 Å². The normalized spacial score (nSPS) is 19.9. The van der Waals surface area contributed by atoms with Gasteiger partial charge in [-0.25, -0.2) is 8.42 Å². The van der Waals surface area contributed by atoms with E-state index in [9.17, 15) is 13.2 Å². The number of aryl methyl sites for hydroxylation is 1. The molecule has 0 unspecified atom stereocenters. The minimum absolute atomic E-state index is 0.129. The maximum atomic E-state index is 13.3. The minimum Gasteiger partial charge on any atom is -0.490 e. The van der Waals surface area contributed by atoms with Gasteiger partial charge in [0.15, 0.2) is 11.5 Å². The molecule has 3 aliphatic heterocycles. The summed E-state index contributed by atoms with van der Waals surface area (Å²) in [5.41, 5.74) is 2.47. The Morgan fingerprint density at radius 1 is 0.886 bits per heavy atom. The largest absolute Gasteiger partial charge is 0.490 e. The lowest BCUT2D eigenvalue weighted by atomic mass is 9.96. The highest BCUT2D eigenvalue weighted by molar-refractivity contribution is 7.89. The van der Waals surface area contributed by atoms with E-state index in [2.05, 4.69) is 24.0 Å². The van der Waals surface area contributed by atoms with Crippen molar-refractivity contribution in [3.63, 3.8) is 0 Å². The van der Waals surface area contributed by atoms with Gasteiger partial charge in [0.2, 0.25) is 15.9 Å². The number of anilines is 1. The van der Waals surface area contributed by atoms with Gasteiger partial charge in [-0.15, -0.1) is 0 Å². The lowest BCUT2D eigenvalue weighted by molar-refractivity contribution is -0.137. The summed E-state index contributed by atoms with van der Waals surface area (Å²) < 4.78 is 39.3. The number of benzene rings is 2. The molecule has 5 rings (SSSR count). The molecule has 0 N–H and O–H groups in total. The molecule has 3 heterocycles. The fourth-order valence-electron chi connectivity index (χ4n) is 5.14. The van der Waals surface area contributed by atoms with Gasteiger partial charge in [0.1, 0.15) is 0 Å². The maximum Gasteiger partial charge on any atom is 0.243 e. The highest BCUT2D eigenvalue weighted by atomic mass is 32.2. The van der Waals surface area contributed by atoms with E-state index in [1.54, 1.807) is 18.2 Å². The van der Waals surface area contributed by atoms with Gasteiger partial charge >= 0.3 is 0 Å². The number of hydrogen-bond donors (Lipinski definition) is 0. The van der Waals surface area contributed by atoms with Crippen LogP contribution in [0.15, 0.2) is 47.4 Å². The van der Waals surface area contributed by atoms with Crippen molar-refractivity contribution in [2.75, 3.05) is 57.4 Å². The Bertz CT molecular complexity index is 1170. The third kappa shape index (κ3) is 4.97. The average molecular weight is 500 g/mol. The first-order valence-corrected chi connectivity index (χ1v) is 13.9. The van der Waals surface area contributed by atoms with E-state index in [1.807, 2.05) is 17.0 Å². The number of rotatable bonds is 4. The zero-order valence-electron chi connectivity index (χ0n) is 20.2. The van der Waals surface area contributed by atoms with Crippen molar-refractivity contribution in [1.82, 2.24) is 9.21 Å². The summed E-state index contributed by atoms with van der Waals surface area (Å²) >= 11 is 0. The summed E-state index contributed by atoms with van der Waals surface area (Å²) in [4.78, 5) is 17.7. The highest BCUT2D eigenvalue weighted by Gasteiger charge is 2.35. The van der Waals surface area contributed by atoms with Crippen molar-refractivity contribution in [3.05, 3.63) is 48.0 Å². The van der Waals surface area contributed by atoms with Crippen LogP contribution in [0.2, 0.25) is 0 Å². The Hall–Kier alpha value is -2.78. The van der Waals surface area contributed by atoms with Gasteiger partial charge < -0.3 is 19.3 Å². The Labute approximate surface area is 207 Å². The number of sulfonamides is 1. The molecule has 2 aromatic rings. The quantitative estimate of drug-likeness (QED) is 0.644. The van der Waals surface area contributed by atoms with Crippen LogP contribution in [0.4, 0.5) is 5.69 Å². The first kappa shape index (κ1) is 23.9. The standard InChI is InChI=1S/C26H33N3O5S/c1-20-5-2-3-6-23(20)27-13-15-28(16-14-27)26(30)21-9-11-29(12-10-21)35(31,32)22-7-8-24-25(19-22)34-18-4-17-33-24/h2-3,5-8,19,21H,4,9-18H2,1H3. The molecule has 8 nitrogen and oxygen atoms in total. The molecule has 9 heteroatoms. The number of para-hydroxylation sites is 1. The van der Waals surface area contributed by atoms with Crippen molar-refractivity contribution in [3.8, 4) is 11.5 Å². The zero-order valence-corrected chi connectivity index (χ0v) is 21.0. The van der Waals surface area contributed by atoms with Gasteiger partial charge in [-0.3, -0.25) is 4.79 Å². The maximum absolute atomic E-state index is 13.3. The second-order valence-electron chi connectivity index (χ2n) is 9.44. The van der Waals surface area contributed by atoms with Gasteiger partial charge in [-0.1, -0.05) is 18.2 Å². The Morgan fingerprint density at radius 2 is 1.57 bits per heavy atom. The summed E-state index contributed by atoms with van der Waals surface area (Å²) in [6.07, 6.45) is 1.85. The molecule has 0 aromatic heterocycles. The lowest BCUT2D eigenvalue weighted by Gasteiger charge is -2.39. The van der Waals surface area contributed by atoms with Crippen molar-refractivity contribution in [2.45, 2.75) is 31.1 Å². The molecule has 3 aliphatic rings. The number of piperidine rings is 1.